The van der Waals surface area contributed by atoms with Gasteiger partial charge < -0.3 is 14.8 Å². The second kappa shape index (κ2) is 9.68. The van der Waals surface area contributed by atoms with Gasteiger partial charge in [0.25, 0.3) is 5.91 Å². The number of para-hydroxylation sites is 2. The molecule has 27 heavy (non-hydrogen) atoms. The molecule has 2 rings (SSSR count). The first-order valence-corrected chi connectivity index (χ1v) is 8.84. The standard InChI is InChI=1S/C20H22N2O4S/c1-13(2)12-26-17-11-7-5-9-15(17)18(23)22-20(27)21-16-10-6-4-8-14(16)19(24)25-3/h4-11,13H,12H2,1-3H3,(H2,21,22,23,27). The molecule has 6 nitrogen and oxygen atoms in total. The van der Waals surface area contributed by atoms with Crippen LogP contribution in [0.15, 0.2) is 48.5 Å². The van der Waals surface area contributed by atoms with Crippen LogP contribution in [0.25, 0.3) is 0 Å². The summed E-state index contributed by atoms with van der Waals surface area (Å²) in [6.45, 7) is 4.56. The lowest BCUT2D eigenvalue weighted by atomic mass is 10.1. The molecule has 0 aliphatic heterocycles. The molecule has 0 fully saturated rings. The largest absolute Gasteiger partial charge is 0.492 e. The number of carbonyl (C=O) groups excluding carboxylic acids is 2. The number of ether oxygens (including phenoxy) is 2. The summed E-state index contributed by atoms with van der Waals surface area (Å²) in [5.74, 6) is -0.0813. The van der Waals surface area contributed by atoms with Crippen molar-refractivity contribution in [3.63, 3.8) is 0 Å². The van der Waals surface area contributed by atoms with Crippen LogP contribution in [0.4, 0.5) is 5.69 Å². The molecule has 0 unspecified atom stereocenters. The van der Waals surface area contributed by atoms with E-state index >= 15 is 0 Å². The molecule has 0 atom stereocenters. The average Bonchev–Trinajstić information content (AvgIpc) is 2.66. The number of benzene rings is 2. The van der Waals surface area contributed by atoms with Crippen LogP contribution in [0, 0.1) is 5.92 Å². The summed E-state index contributed by atoms with van der Waals surface area (Å²) in [5.41, 5.74) is 1.14. The highest BCUT2D eigenvalue weighted by Crippen LogP contribution is 2.19. The van der Waals surface area contributed by atoms with Crippen molar-refractivity contribution in [3.8, 4) is 5.75 Å². The molecule has 0 spiro atoms. The van der Waals surface area contributed by atoms with Crippen molar-refractivity contribution in [3.05, 3.63) is 59.7 Å². The summed E-state index contributed by atoms with van der Waals surface area (Å²) in [7, 11) is 1.30. The van der Waals surface area contributed by atoms with E-state index in [1.54, 1.807) is 48.5 Å². The van der Waals surface area contributed by atoms with Crippen LogP contribution in [0.2, 0.25) is 0 Å². The topological polar surface area (TPSA) is 76.7 Å². The molecule has 0 aliphatic rings. The quantitative estimate of drug-likeness (QED) is 0.583. The number of esters is 1. The third-order valence-electron chi connectivity index (χ3n) is 3.51. The minimum atomic E-state index is -0.500. The predicted octanol–water partition coefficient (Wildman–Crippen LogP) is 3.63. The zero-order valence-electron chi connectivity index (χ0n) is 15.4. The Labute approximate surface area is 163 Å². The molecule has 2 aromatic rings. The molecule has 2 aromatic carbocycles. The van der Waals surface area contributed by atoms with Crippen molar-refractivity contribution in [2.24, 2.45) is 5.92 Å². The van der Waals surface area contributed by atoms with Gasteiger partial charge in [-0.25, -0.2) is 4.79 Å². The number of nitrogens with one attached hydrogen (secondary N) is 2. The van der Waals surface area contributed by atoms with Gasteiger partial charge in [0, 0.05) is 0 Å². The SMILES string of the molecule is COC(=O)c1ccccc1NC(=S)NC(=O)c1ccccc1OCC(C)C. The fourth-order valence-corrected chi connectivity index (χ4v) is 2.44. The minimum absolute atomic E-state index is 0.0648. The van der Waals surface area contributed by atoms with Gasteiger partial charge in [0.1, 0.15) is 5.75 Å². The number of hydrogen-bond donors (Lipinski definition) is 2. The van der Waals surface area contributed by atoms with E-state index in [1.165, 1.54) is 7.11 Å². The van der Waals surface area contributed by atoms with Gasteiger partial charge in [-0.15, -0.1) is 0 Å². The summed E-state index contributed by atoms with van der Waals surface area (Å²) in [6.07, 6.45) is 0. The molecule has 0 saturated carbocycles. The van der Waals surface area contributed by atoms with Crippen molar-refractivity contribution < 1.29 is 19.1 Å². The Kier molecular flexibility index (Phi) is 7.31. The van der Waals surface area contributed by atoms with E-state index in [-0.39, 0.29) is 5.11 Å². The van der Waals surface area contributed by atoms with Crippen molar-refractivity contribution >= 4 is 34.9 Å². The molecule has 7 heteroatoms. The first kappa shape index (κ1) is 20.4. The van der Waals surface area contributed by atoms with Crippen LogP contribution in [0.1, 0.15) is 34.6 Å². The minimum Gasteiger partial charge on any atom is -0.492 e. The molecular weight excluding hydrogens is 364 g/mol. The first-order chi connectivity index (χ1) is 12.9. The molecule has 0 aliphatic carbocycles. The highest BCUT2D eigenvalue weighted by Gasteiger charge is 2.16. The lowest BCUT2D eigenvalue weighted by Crippen LogP contribution is -2.34. The van der Waals surface area contributed by atoms with Gasteiger partial charge in [-0.2, -0.15) is 0 Å². The number of anilines is 1. The van der Waals surface area contributed by atoms with Crippen LogP contribution >= 0.6 is 12.2 Å². The smallest absolute Gasteiger partial charge is 0.339 e. The van der Waals surface area contributed by atoms with Crippen LogP contribution in [0.5, 0.6) is 5.75 Å². The first-order valence-electron chi connectivity index (χ1n) is 8.44. The molecule has 0 heterocycles. The lowest BCUT2D eigenvalue weighted by molar-refractivity contribution is 0.0602. The Morgan fingerprint density at radius 3 is 2.33 bits per heavy atom. The molecule has 142 valence electrons. The van der Waals surface area contributed by atoms with E-state index in [9.17, 15) is 9.59 Å². The van der Waals surface area contributed by atoms with Gasteiger partial charge >= 0.3 is 5.97 Å². The maximum absolute atomic E-state index is 12.6. The number of methoxy groups -OCH3 is 1. The molecule has 1 amide bonds. The van der Waals surface area contributed by atoms with Crippen LogP contribution < -0.4 is 15.4 Å². The number of rotatable bonds is 6. The summed E-state index contributed by atoms with van der Waals surface area (Å²) in [5, 5.41) is 5.52. The normalized spacial score (nSPS) is 10.2. The molecule has 2 N–H and O–H groups in total. The molecule has 0 radical (unpaired) electrons. The molecule has 0 bridgehead atoms. The van der Waals surface area contributed by atoms with Crippen molar-refractivity contribution in [2.75, 3.05) is 19.0 Å². The Hall–Kier alpha value is -2.93. The summed E-state index contributed by atoms with van der Waals surface area (Å²) in [4.78, 5) is 24.4. The van der Waals surface area contributed by atoms with E-state index in [0.29, 0.717) is 35.1 Å². The van der Waals surface area contributed by atoms with Gasteiger partial charge in [0.2, 0.25) is 0 Å². The zero-order valence-corrected chi connectivity index (χ0v) is 16.3. The number of carbonyl (C=O) groups is 2. The third kappa shape index (κ3) is 5.79. The highest BCUT2D eigenvalue weighted by molar-refractivity contribution is 7.80. The number of hydrogen-bond acceptors (Lipinski definition) is 5. The van der Waals surface area contributed by atoms with Crippen molar-refractivity contribution in [1.29, 1.82) is 0 Å². The highest BCUT2D eigenvalue weighted by atomic mass is 32.1. The average molecular weight is 386 g/mol. The van der Waals surface area contributed by atoms with Gasteiger partial charge in [-0.05, 0) is 42.4 Å². The summed E-state index contributed by atoms with van der Waals surface area (Å²) < 4.78 is 10.4. The Morgan fingerprint density at radius 2 is 1.67 bits per heavy atom. The van der Waals surface area contributed by atoms with Gasteiger partial charge in [0.15, 0.2) is 5.11 Å². The van der Waals surface area contributed by atoms with E-state index in [2.05, 4.69) is 10.6 Å². The maximum atomic E-state index is 12.6. The van der Waals surface area contributed by atoms with Crippen LogP contribution in [-0.2, 0) is 4.74 Å². The van der Waals surface area contributed by atoms with E-state index in [1.807, 2.05) is 13.8 Å². The van der Waals surface area contributed by atoms with Gasteiger partial charge in [-0.1, -0.05) is 38.1 Å². The van der Waals surface area contributed by atoms with Gasteiger partial charge in [0.05, 0.1) is 30.5 Å². The Bertz CT molecular complexity index is 836. The monoisotopic (exact) mass is 386 g/mol. The predicted molar refractivity (Wildman–Crippen MR) is 108 cm³/mol. The van der Waals surface area contributed by atoms with Crippen molar-refractivity contribution in [1.82, 2.24) is 5.32 Å². The number of amides is 1. The zero-order chi connectivity index (χ0) is 19.8. The fraction of sp³-hybridized carbons (Fsp3) is 0.250. The Morgan fingerprint density at radius 1 is 1.04 bits per heavy atom. The van der Waals surface area contributed by atoms with Crippen LogP contribution in [0.3, 0.4) is 0 Å². The molecular formula is C20H22N2O4S. The molecule has 0 aromatic heterocycles. The Balaban J connectivity index is 2.09. The second-order valence-corrected chi connectivity index (χ2v) is 6.55. The van der Waals surface area contributed by atoms with E-state index in [0.717, 1.165) is 0 Å². The lowest BCUT2D eigenvalue weighted by Gasteiger charge is -2.15. The van der Waals surface area contributed by atoms with E-state index in [4.69, 9.17) is 21.7 Å². The maximum Gasteiger partial charge on any atom is 0.339 e. The molecule has 0 saturated heterocycles. The van der Waals surface area contributed by atoms with Crippen molar-refractivity contribution in [2.45, 2.75) is 13.8 Å². The van der Waals surface area contributed by atoms with Crippen LogP contribution in [-0.4, -0.2) is 30.7 Å². The summed E-state index contributed by atoms with van der Waals surface area (Å²) in [6, 6.07) is 13.7. The second-order valence-electron chi connectivity index (χ2n) is 6.15. The van der Waals surface area contributed by atoms with E-state index < -0.39 is 11.9 Å². The number of thiocarbonyl (C=S) groups is 1. The third-order valence-corrected chi connectivity index (χ3v) is 3.72. The van der Waals surface area contributed by atoms with Gasteiger partial charge in [-0.3, -0.25) is 10.1 Å². The fourth-order valence-electron chi connectivity index (χ4n) is 2.24. The summed E-state index contributed by atoms with van der Waals surface area (Å²) >= 11 is 5.21.